The van der Waals surface area contributed by atoms with E-state index in [0.29, 0.717) is 35.8 Å². The molecule has 3 N–H and O–H groups in total. The van der Waals surface area contributed by atoms with Crippen molar-refractivity contribution in [3.63, 3.8) is 0 Å². The highest BCUT2D eigenvalue weighted by molar-refractivity contribution is 6.34. The lowest BCUT2D eigenvalue weighted by molar-refractivity contribution is -0.141. The Labute approximate surface area is 145 Å². The Hall–Kier alpha value is -2.28. The monoisotopic (exact) mass is 353 g/mol. The van der Waals surface area contributed by atoms with Crippen LogP contribution in [0.15, 0.2) is 18.2 Å². The van der Waals surface area contributed by atoms with Crippen LogP contribution in [-0.4, -0.2) is 42.6 Å². The van der Waals surface area contributed by atoms with Gasteiger partial charge in [0.05, 0.1) is 16.6 Å². The van der Waals surface area contributed by atoms with Crippen LogP contribution in [-0.2, 0) is 4.79 Å². The topological polar surface area (TPSA) is 98.7 Å². The first-order valence-corrected chi connectivity index (χ1v) is 8.17. The third-order valence-electron chi connectivity index (χ3n) is 3.85. The zero-order valence-corrected chi connectivity index (χ0v) is 14.1. The van der Waals surface area contributed by atoms with Gasteiger partial charge >= 0.3 is 12.0 Å². The van der Waals surface area contributed by atoms with Crippen LogP contribution in [0.25, 0.3) is 0 Å². The standard InChI is InChI=1S/C16H20ClN3O4/c1-2-3-11(15(22)23)9-19-14(21)10-4-5-12(17)13(8-10)20-7-6-18-16(20)24/h4-5,8,11H,2-3,6-7,9H2,1H3,(H,18,24)(H,19,21)(H,22,23). The van der Waals surface area contributed by atoms with Gasteiger partial charge in [-0.1, -0.05) is 24.9 Å². The first-order valence-electron chi connectivity index (χ1n) is 7.80. The van der Waals surface area contributed by atoms with E-state index >= 15 is 0 Å². The summed E-state index contributed by atoms with van der Waals surface area (Å²) in [6.07, 6.45) is 1.22. The first kappa shape index (κ1) is 18.1. The number of nitrogens with zero attached hydrogens (tertiary/aromatic N) is 1. The van der Waals surface area contributed by atoms with E-state index < -0.39 is 17.8 Å². The number of carboxylic acids is 1. The summed E-state index contributed by atoms with van der Waals surface area (Å²) < 4.78 is 0. The highest BCUT2D eigenvalue weighted by atomic mass is 35.5. The van der Waals surface area contributed by atoms with E-state index in [1.54, 1.807) is 12.1 Å². The number of hydrogen-bond acceptors (Lipinski definition) is 3. The van der Waals surface area contributed by atoms with Crippen molar-refractivity contribution in [1.82, 2.24) is 10.6 Å². The summed E-state index contributed by atoms with van der Waals surface area (Å²) in [6.45, 7) is 2.94. The molecular formula is C16H20ClN3O4. The van der Waals surface area contributed by atoms with Gasteiger partial charge in [0, 0.05) is 25.2 Å². The molecule has 1 aliphatic heterocycles. The number of anilines is 1. The summed E-state index contributed by atoms with van der Waals surface area (Å²) in [5.74, 6) is -1.94. The molecule has 0 radical (unpaired) electrons. The van der Waals surface area contributed by atoms with Crippen LogP contribution >= 0.6 is 11.6 Å². The van der Waals surface area contributed by atoms with Crippen LogP contribution in [0.3, 0.4) is 0 Å². The summed E-state index contributed by atoms with van der Waals surface area (Å²) >= 11 is 6.13. The molecule has 1 heterocycles. The number of aliphatic carboxylic acids is 1. The van der Waals surface area contributed by atoms with Gasteiger partial charge in [-0.25, -0.2) is 4.79 Å². The van der Waals surface area contributed by atoms with Crippen LogP contribution in [0.1, 0.15) is 30.1 Å². The van der Waals surface area contributed by atoms with Gasteiger partial charge in [-0.3, -0.25) is 14.5 Å². The number of amides is 3. The normalized spacial score (nSPS) is 15.1. The average molecular weight is 354 g/mol. The van der Waals surface area contributed by atoms with Gasteiger partial charge in [0.1, 0.15) is 0 Å². The van der Waals surface area contributed by atoms with Gasteiger partial charge in [-0.15, -0.1) is 0 Å². The maximum absolute atomic E-state index is 12.3. The molecule has 1 aromatic rings. The molecule has 1 saturated heterocycles. The zero-order chi connectivity index (χ0) is 17.7. The molecule has 2 rings (SSSR count). The fourth-order valence-corrected chi connectivity index (χ4v) is 2.76. The quantitative estimate of drug-likeness (QED) is 0.699. The van der Waals surface area contributed by atoms with Gasteiger partial charge in [-0.2, -0.15) is 0 Å². The lowest BCUT2D eigenvalue weighted by atomic mass is 10.0. The second-order valence-electron chi connectivity index (χ2n) is 5.58. The van der Waals surface area contributed by atoms with E-state index in [2.05, 4.69) is 10.6 Å². The average Bonchev–Trinajstić information content (AvgIpc) is 2.97. The highest BCUT2D eigenvalue weighted by Crippen LogP contribution is 2.28. The second-order valence-corrected chi connectivity index (χ2v) is 5.99. The van der Waals surface area contributed by atoms with E-state index in [1.807, 2.05) is 6.92 Å². The number of halogens is 1. The first-order chi connectivity index (χ1) is 11.4. The maximum atomic E-state index is 12.3. The molecule has 130 valence electrons. The van der Waals surface area contributed by atoms with Crippen LogP contribution in [0.5, 0.6) is 0 Å². The molecule has 1 fully saturated rings. The fourth-order valence-electron chi connectivity index (χ4n) is 2.54. The molecule has 8 heteroatoms. The molecule has 3 amide bonds. The summed E-state index contributed by atoms with van der Waals surface area (Å²) in [5.41, 5.74) is 0.789. The summed E-state index contributed by atoms with van der Waals surface area (Å²) in [4.78, 5) is 36.6. The van der Waals surface area contributed by atoms with E-state index in [-0.39, 0.29) is 12.6 Å². The molecule has 1 atom stereocenters. The Morgan fingerprint density at radius 1 is 1.46 bits per heavy atom. The predicted octanol–water partition coefficient (Wildman–Crippen LogP) is 2.10. The van der Waals surface area contributed by atoms with Crippen LogP contribution in [0.2, 0.25) is 5.02 Å². The van der Waals surface area contributed by atoms with Crippen molar-refractivity contribution < 1.29 is 19.5 Å². The van der Waals surface area contributed by atoms with E-state index in [4.69, 9.17) is 16.7 Å². The van der Waals surface area contributed by atoms with Crippen LogP contribution in [0.4, 0.5) is 10.5 Å². The molecule has 0 aliphatic carbocycles. The number of rotatable bonds is 7. The summed E-state index contributed by atoms with van der Waals surface area (Å²) in [5, 5.41) is 14.8. The molecule has 7 nitrogen and oxygen atoms in total. The minimum Gasteiger partial charge on any atom is -0.481 e. The highest BCUT2D eigenvalue weighted by Gasteiger charge is 2.24. The van der Waals surface area contributed by atoms with Crippen molar-refractivity contribution in [1.29, 1.82) is 0 Å². The summed E-state index contributed by atoms with van der Waals surface area (Å²) in [6, 6.07) is 4.38. The van der Waals surface area contributed by atoms with Gasteiger partial charge in [0.25, 0.3) is 5.91 Å². The Balaban J connectivity index is 2.09. The van der Waals surface area contributed by atoms with Crippen LogP contribution < -0.4 is 15.5 Å². The molecule has 1 aliphatic rings. The number of carbonyl (C=O) groups excluding carboxylic acids is 2. The number of benzene rings is 1. The maximum Gasteiger partial charge on any atom is 0.322 e. The third kappa shape index (κ3) is 4.17. The third-order valence-corrected chi connectivity index (χ3v) is 4.17. The molecule has 1 aromatic carbocycles. The minimum absolute atomic E-state index is 0.0597. The van der Waals surface area contributed by atoms with E-state index in [9.17, 15) is 14.4 Å². The number of carboxylic acid groups (broad SMARTS) is 1. The Kier molecular flexibility index (Phi) is 6.03. The van der Waals surface area contributed by atoms with E-state index in [0.717, 1.165) is 6.42 Å². The fraction of sp³-hybridized carbons (Fsp3) is 0.438. The van der Waals surface area contributed by atoms with E-state index in [1.165, 1.54) is 11.0 Å². The Bertz CT molecular complexity index is 650. The van der Waals surface area contributed by atoms with Crippen molar-refractivity contribution in [3.8, 4) is 0 Å². The van der Waals surface area contributed by atoms with Crippen molar-refractivity contribution in [2.75, 3.05) is 24.5 Å². The molecular weight excluding hydrogens is 334 g/mol. The van der Waals surface area contributed by atoms with Crippen molar-refractivity contribution in [3.05, 3.63) is 28.8 Å². The Morgan fingerprint density at radius 2 is 2.21 bits per heavy atom. The van der Waals surface area contributed by atoms with Crippen LogP contribution in [0, 0.1) is 5.92 Å². The predicted molar refractivity (Wildman–Crippen MR) is 90.6 cm³/mol. The summed E-state index contributed by atoms with van der Waals surface area (Å²) in [7, 11) is 0. The minimum atomic E-state index is -0.928. The molecule has 24 heavy (non-hydrogen) atoms. The number of carbonyl (C=O) groups is 3. The van der Waals surface area contributed by atoms with Crippen molar-refractivity contribution >= 4 is 35.2 Å². The van der Waals surface area contributed by atoms with Gasteiger partial charge in [0.2, 0.25) is 0 Å². The molecule has 0 spiro atoms. The number of nitrogens with one attached hydrogen (secondary N) is 2. The lowest BCUT2D eigenvalue weighted by Crippen LogP contribution is -2.33. The number of urea groups is 1. The van der Waals surface area contributed by atoms with Gasteiger partial charge in [0.15, 0.2) is 0 Å². The van der Waals surface area contributed by atoms with Gasteiger partial charge < -0.3 is 15.7 Å². The van der Waals surface area contributed by atoms with Crippen molar-refractivity contribution in [2.24, 2.45) is 5.92 Å². The largest absolute Gasteiger partial charge is 0.481 e. The van der Waals surface area contributed by atoms with Gasteiger partial charge in [-0.05, 0) is 24.6 Å². The van der Waals surface area contributed by atoms with Crippen molar-refractivity contribution in [2.45, 2.75) is 19.8 Å². The smallest absolute Gasteiger partial charge is 0.322 e. The Morgan fingerprint density at radius 3 is 2.79 bits per heavy atom. The molecule has 1 unspecified atom stereocenters. The lowest BCUT2D eigenvalue weighted by Gasteiger charge is -2.17. The zero-order valence-electron chi connectivity index (χ0n) is 13.3. The SMILES string of the molecule is CCCC(CNC(=O)c1ccc(Cl)c(N2CCNC2=O)c1)C(=O)O. The molecule has 0 aromatic heterocycles. The number of hydrogen-bond donors (Lipinski definition) is 3. The molecule has 0 saturated carbocycles. The second kappa shape index (κ2) is 8.01. The molecule has 0 bridgehead atoms.